The highest BCUT2D eigenvalue weighted by Crippen LogP contribution is 2.06. The lowest BCUT2D eigenvalue weighted by molar-refractivity contribution is 0.316. The Morgan fingerprint density at radius 1 is 1.65 bits per heavy atom. The molecule has 0 fully saturated rings. The van der Waals surface area contributed by atoms with E-state index in [4.69, 9.17) is 15.7 Å². The number of hydrogen-bond donors (Lipinski definition) is 3. The summed E-state index contributed by atoms with van der Waals surface area (Å²) in [6, 6.07) is 3.88. The maximum absolute atomic E-state index is 8.44. The zero-order valence-corrected chi connectivity index (χ0v) is 10.1. The topological polar surface area (TPSA) is 92.8 Å². The summed E-state index contributed by atoms with van der Waals surface area (Å²) >= 11 is 0. The first-order valence-corrected chi connectivity index (χ1v) is 5.34. The summed E-state index contributed by atoms with van der Waals surface area (Å²) in [5.74, 6) is 0.816. The molecule has 1 aromatic rings. The van der Waals surface area contributed by atoms with Gasteiger partial charge in [0.25, 0.3) is 0 Å². The van der Waals surface area contributed by atoms with Crippen molar-refractivity contribution in [3.05, 3.63) is 23.9 Å². The predicted molar refractivity (Wildman–Crippen MR) is 65.1 cm³/mol. The molecule has 94 valence electrons. The number of nitrogens with zero attached hydrogens (tertiary/aromatic N) is 2. The van der Waals surface area contributed by atoms with Crippen LogP contribution in [0.4, 0.5) is 0 Å². The van der Waals surface area contributed by atoms with E-state index in [0.717, 1.165) is 5.56 Å². The van der Waals surface area contributed by atoms with Gasteiger partial charge in [-0.25, -0.2) is 4.98 Å². The number of oxime groups is 1. The van der Waals surface area contributed by atoms with E-state index < -0.39 is 0 Å². The minimum Gasteiger partial charge on any atom is -0.481 e. The number of aromatic nitrogens is 1. The molecular weight excluding hydrogens is 220 g/mol. The Morgan fingerprint density at radius 2 is 2.41 bits per heavy atom. The fourth-order valence-electron chi connectivity index (χ4n) is 1.36. The van der Waals surface area contributed by atoms with E-state index >= 15 is 0 Å². The van der Waals surface area contributed by atoms with Gasteiger partial charge in [0, 0.05) is 31.3 Å². The largest absolute Gasteiger partial charge is 0.481 e. The standard InChI is InChI=1S/C11H18N4O2/c1-8(5-10(12)15-16)13-6-9-3-4-11(17-2)14-7-9/h3-4,7-8,13,16H,5-6H2,1-2H3,(H2,12,15). The minimum absolute atomic E-state index is 0.132. The summed E-state index contributed by atoms with van der Waals surface area (Å²) < 4.78 is 4.97. The van der Waals surface area contributed by atoms with Crippen molar-refractivity contribution in [1.82, 2.24) is 10.3 Å². The first-order chi connectivity index (χ1) is 8.15. The highest BCUT2D eigenvalue weighted by atomic mass is 16.5. The number of rotatable bonds is 6. The second kappa shape index (κ2) is 6.70. The molecule has 17 heavy (non-hydrogen) atoms. The molecule has 4 N–H and O–H groups in total. The highest BCUT2D eigenvalue weighted by Gasteiger charge is 2.04. The third-order valence-corrected chi connectivity index (χ3v) is 2.31. The third kappa shape index (κ3) is 4.69. The van der Waals surface area contributed by atoms with Crippen molar-refractivity contribution in [1.29, 1.82) is 0 Å². The molecule has 1 unspecified atom stereocenters. The molecule has 0 aliphatic carbocycles. The van der Waals surface area contributed by atoms with Crippen molar-refractivity contribution in [2.75, 3.05) is 7.11 Å². The summed E-state index contributed by atoms with van der Waals surface area (Å²) in [7, 11) is 1.58. The molecule has 0 saturated heterocycles. The van der Waals surface area contributed by atoms with E-state index in [9.17, 15) is 0 Å². The first-order valence-electron chi connectivity index (χ1n) is 5.34. The average Bonchev–Trinajstić information content (AvgIpc) is 2.36. The Balaban J connectivity index is 2.39. The van der Waals surface area contributed by atoms with Crippen molar-refractivity contribution in [3.8, 4) is 5.88 Å². The molecule has 1 rings (SSSR count). The second-order valence-electron chi connectivity index (χ2n) is 3.79. The summed E-state index contributed by atoms with van der Waals surface area (Å²) in [4.78, 5) is 4.10. The number of methoxy groups -OCH3 is 1. The van der Waals surface area contributed by atoms with Gasteiger partial charge in [-0.05, 0) is 12.5 Å². The van der Waals surface area contributed by atoms with Gasteiger partial charge in [0.1, 0.15) is 5.84 Å². The number of pyridine rings is 1. The van der Waals surface area contributed by atoms with Gasteiger partial charge in [-0.1, -0.05) is 11.2 Å². The fraction of sp³-hybridized carbons (Fsp3) is 0.455. The fourth-order valence-corrected chi connectivity index (χ4v) is 1.36. The van der Waals surface area contributed by atoms with Crippen molar-refractivity contribution < 1.29 is 9.94 Å². The smallest absolute Gasteiger partial charge is 0.212 e. The lowest BCUT2D eigenvalue weighted by Gasteiger charge is -2.12. The maximum atomic E-state index is 8.44. The van der Waals surface area contributed by atoms with Crippen molar-refractivity contribution in [2.24, 2.45) is 10.9 Å². The SMILES string of the molecule is COc1ccc(CNC(C)CC(N)=NO)cn1. The van der Waals surface area contributed by atoms with Gasteiger partial charge in [0.05, 0.1) is 7.11 Å². The number of ether oxygens (including phenoxy) is 1. The Hall–Kier alpha value is -1.82. The minimum atomic E-state index is 0.132. The summed E-state index contributed by atoms with van der Waals surface area (Å²) in [5.41, 5.74) is 6.46. The molecule has 0 amide bonds. The van der Waals surface area contributed by atoms with Crippen LogP contribution in [0.3, 0.4) is 0 Å². The van der Waals surface area contributed by atoms with Crippen LogP contribution in [0.15, 0.2) is 23.5 Å². The van der Waals surface area contributed by atoms with E-state index in [1.165, 1.54) is 0 Å². The lowest BCUT2D eigenvalue weighted by Crippen LogP contribution is -2.30. The Kier molecular flexibility index (Phi) is 5.22. The molecule has 0 radical (unpaired) electrons. The van der Waals surface area contributed by atoms with Gasteiger partial charge in [-0.2, -0.15) is 0 Å². The second-order valence-corrected chi connectivity index (χ2v) is 3.79. The molecule has 0 saturated carbocycles. The van der Waals surface area contributed by atoms with Crippen LogP contribution in [0, 0.1) is 0 Å². The summed E-state index contributed by atoms with van der Waals surface area (Å²) in [6.07, 6.45) is 2.25. The number of nitrogens with one attached hydrogen (secondary N) is 1. The van der Waals surface area contributed by atoms with Crippen LogP contribution in [0.2, 0.25) is 0 Å². The molecule has 0 aliphatic rings. The molecule has 0 aromatic carbocycles. The van der Waals surface area contributed by atoms with E-state index in [-0.39, 0.29) is 11.9 Å². The van der Waals surface area contributed by atoms with Crippen LogP contribution in [0.5, 0.6) is 5.88 Å². The third-order valence-electron chi connectivity index (χ3n) is 2.31. The zero-order valence-electron chi connectivity index (χ0n) is 10.1. The van der Waals surface area contributed by atoms with Gasteiger partial charge < -0.3 is 21.0 Å². The van der Waals surface area contributed by atoms with Gasteiger partial charge in [0.2, 0.25) is 5.88 Å². The van der Waals surface area contributed by atoms with E-state index in [1.807, 2.05) is 19.1 Å². The summed E-state index contributed by atoms with van der Waals surface area (Å²) in [5, 5.41) is 14.6. The number of nitrogens with two attached hydrogens (primary N) is 1. The molecule has 0 bridgehead atoms. The lowest BCUT2D eigenvalue weighted by atomic mass is 10.2. The monoisotopic (exact) mass is 238 g/mol. The van der Waals surface area contributed by atoms with Gasteiger partial charge in [0.15, 0.2) is 0 Å². The molecule has 1 aromatic heterocycles. The van der Waals surface area contributed by atoms with E-state index in [1.54, 1.807) is 13.3 Å². The highest BCUT2D eigenvalue weighted by molar-refractivity contribution is 5.80. The number of hydrogen-bond acceptors (Lipinski definition) is 5. The predicted octanol–water partition coefficient (Wildman–Crippen LogP) is 0.705. The molecular formula is C11H18N4O2. The normalized spacial score (nSPS) is 13.4. The molecule has 0 spiro atoms. The van der Waals surface area contributed by atoms with Gasteiger partial charge in [-0.15, -0.1) is 0 Å². The van der Waals surface area contributed by atoms with Crippen molar-refractivity contribution >= 4 is 5.84 Å². The van der Waals surface area contributed by atoms with Crippen molar-refractivity contribution in [2.45, 2.75) is 25.9 Å². The first kappa shape index (κ1) is 13.2. The molecule has 6 heteroatoms. The molecule has 1 atom stereocenters. The van der Waals surface area contributed by atoms with Gasteiger partial charge >= 0.3 is 0 Å². The van der Waals surface area contributed by atoms with Crippen LogP contribution in [0.25, 0.3) is 0 Å². The van der Waals surface area contributed by atoms with Crippen LogP contribution in [-0.2, 0) is 6.54 Å². The quantitative estimate of drug-likeness (QED) is 0.294. The average molecular weight is 238 g/mol. The van der Waals surface area contributed by atoms with Crippen LogP contribution in [-0.4, -0.2) is 29.2 Å². The Bertz CT molecular complexity index is 364. The zero-order chi connectivity index (χ0) is 12.7. The Labute approximate surface area is 100 Å². The molecule has 0 aliphatic heterocycles. The molecule has 1 heterocycles. The summed E-state index contributed by atoms with van der Waals surface area (Å²) in [6.45, 7) is 2.64. The Morgan fingerprint density at radius 3 is 2.94 bits per heavy atom. The van der Waals surface area contributed by atoms with E-state index in [2.05, 4.69) is 15.5 Å². The number of amidine groups is 1. The van der Waals surface area contributed by atoms with Crippen molar-refractivity contribution in [3.63, 3.8) is 0 Å². The van der Waals surface area contributed by atoms with Crippen LogP contribution >= 0.6 is 0 Å². The van der Waals surface area contributed by atoms with Crippen LogP contribution < -0.4 is 15.8 Å². The maximum Gasteiger partial charge on any atom is 0.212 e. The van der Waals surface area contributed by atoms with Crippen LogP contribution in [0.1, 0.15) is 18.9 Å². The van der Waals surface area contributed by atoms with Gasteiger partial charge in [-0.3, -0.25) is 0 Å². The van der Waals surface area contributed by atoms with E-state index in [0.29, 0.717) is 18.8 Å². The molecule has 6 nitrogen and oxygen atoms in total.